The molecule has 11 N–H and O–H groups in total. The van der Waals surface area contributed by atoms with E-state index in [9.17, 15) is 15.3 Å². The highest BCUT2D eigenvalue weighted by Crippen LogP contribution is 2.32. The predicted octanol–water partition coefficient (Wildman–Crippen LogP) is -2.58. The van der Waals surface area contributed by atoms with Gasteiger partial charge in [-0.15, -0.1) is 0 Å². The molecule has 2 aliphatic heterocycles. The highest BCUT2D eigenvalue weighted by molar-refractivity contribution is 5.62. The third-order valence-electron chi connectivity index (χ3n) is 7.39. The minimum Gasteiger partial charge on any atom is -0.481 e. The molecular weight excluding hydrogens is 514 g/mol. The Bertz CT molecular complexity index is 732. The molecule has 0 aromatic carbocycles. The number of carboxylic acids is 1. The second-order valence-electron chi connectivity index (χ2n) is 10.7. The van der Waals surface area contributed by atoms with Gasteiger partial charge in [0.25, 0.3) is 5.97 Å². The smallest absolute Gasteiger partial charge is 0.300 e. The molecule has 14 nitrogen and oxygen atoms in total. The van der Waals surface area contributed by atoms with Gasteiger partial charge in [0.05, 0.1) is 24.8 Å². The fourth-order valence-corrected chi connectivity index (χ4v) is 5.53. The predicted molar refractivity (Wildman–Crippen MR) is 143 cm³/mol. The van der Waals surface area contributed by atoms with Crippen molar-refractivity contribution < 1.29 is 44.2 Å². The summed E-state index contributed by atoms with van der Waals surface area (Å²) in [6.45, 7) is 8.36. The van der Waals surface area contributed by atoms with Crippen molar-refractivity contribution >= 4 is 5.97 Å². The molecule has 0 bridgehead atoms. The summed E-state index contributed by atoms with van der Waals surface area (Å²) in [5.41, 5.74) is 10.8. The number of aliphatic carboxylic acids is 1. The zero-order valence-corrected chi connectivity index (χ0v) is 23.8. The van der Waals surface area contributed by atoms with Crippen LogP contribution in [0, 0.1) is 0 Å². The van der Waals surface area contributed by atoms with Crippen molar-refractivity contribution in [3.05, 3.63) is 0 Å². The van der Waals surface area contributed by atoms with Gasteiger partial charge in [-0.25, -0.2) is 0 Å². The molecule has 0 amide bonds. The molecule has 1 aliphatic carbocycles. The largest absolute Gasteiger partial charge is 0.481 e. The van der Waals surface area contributed by atoms with Crippen molar-refractivity contribution in [3.8, 4) is 0 Å². The van der Waals surface area contributed by atoms with Crippen molar-refractivity contribution in [1.29, 1.82) is 0 Å². The fraction of sp³-hybridized carbons (Fsp3) is 0.960. The van der Waals surface area contributed by atoms with Gasteiger partial charge >= 0.3 is 0 Å². The summed E-state index contributed by atoms with van der Waals surface area (Å²) >= 11 is 0. The number of rotatable bonds is 10. The summed E-state index contributed by atoms with van der Waals surface area (Å²) in [4.78, 5) is 9.00. The van der Waals surface area contributed by atoms with E-state index in [1.807, 2.05) is 13.8 Å². The Labute approximate surface area is 231 Å². The molecule has 0 radical (unpaired) electrons. The highest BCUT2D eigenvalue weighted by Gasteiger charge is 2.51. The zero-order chi connectivity index (χ0) is 29.3. The maximum absolute atomic E-state index is 11.6. The third kappa shape index (κ3) is 9.24. The Morgan fingerprint density at radius 2 is 1.59 bits per heavy atom. The molecule has 3 rings (SSSR count). The standard InChI is InChI=1S/C23H47N5O7.C2H4O2/c1-5-27-14-9-15(28-6-2)19(35-22-17(30)20(26-4)23(3,31)11-32-22)16(29)18(14)34-21-13(25)8-7-12(10-24)33-21;1-2(3)4/h12-22,26-31H,5-11,24-25H2,1-4H3;1H3,(H,3,4)/t12?,13-,14+,15-,16+,17-,18-,19+,20-,21-,22-,23+;/m1./s1. The zero-order valence-electron chi connectivity index (χ0n) is 23.8. The minimum absolute atomic E-state index is 0.0277. The molecule has 1 unspecified atom stereocenters. The number of hydrogen-bond acceptors (Lipinski definition) is 13. The first-order valence-corrected chi connectivity index (χ1v) is 13.9. The van der Waals surface area contributed by atoms with Crippen LogP contribution in [0.4, 0.5) is 0 Å². The maximum atomic E-state index is 11.6. The number of aliphatic hydroxyl groups excluding tert-OH is 2. The molecule has 3 fully saturated rings. The SMILES string of the molecule is CC(=O)O.CCN[C@H]1C[C@@H](NCC)[C@H](O[C@H]2OC[C@](C)(O)[C@H](NC)[C@H]2O)[C@@H](O)[C@@H]1O[C@H]1OC(CN)CC[C@H]1N. The lowest BCUT2D eigenvalue weighted by molar-refractivity contribution is -0.308. The summed E-state index contributed by atoms with van der Waals surface area (Å²) in [5, 5.41) is 50.2. The first kappa shape index (κ1) is 34.2. The van der Waals surface area contributed by atoms with Crippen LogP contribution in [-0.4, -0.2) is 133 Å². The van der Waals surface area contributed by atoms with Gasteiger partial charge in [-0.1, -0.05) is 13.8 Å². The average Bonchev–Trinajstić information content (AvgIpc) is 2.86. The lowest BCUT2D eigenvalue weighted by Gasteiger charge is -2.49. The number of nitrogens with two attached hydrogens (primary N) is 2. The Hall–Kier alpha value is -1.01. The molecule has 0 spiro atoms. The third-order valence-corrected chi connectivity index (χ3v) is 7.39. The summed E-state index contributed by atoms with van der Waals surface area (Å²) < 4.78 is 24.2. The molecular formula is C25H51N5O9. The van der Waals surface area contributed by atoms with Gasteiger partial charge < -0.3 is 66.8 Å². The van der Waals surface area contributed by atoms with E-state index in [-0.39, 0.29) is 30.8 Å². The van der Waals surface area contributed by atoms with E-state index < -0.39 is 54.6 Å². The van der Waals surface area contributed by atoms with E-state index in [1.165, 1.54) is 0 Å². The van der Waals surface area contributed by atoms with Crippen LogP contribution in [-0.2, 0) is 23.7 Å². The van der Waals surface area contributed by atoms with Gasteiger partial charge in [0.2, 0.25) is 0 Å². The molecule has 2 saturated heterocycles. The van der Waals surface area contributed by atoms with Gasteiger partial charge in [0, 0.05) is 25.6 Å². The van der Waals surface area contributed by atoms with E-state index in [4.69, 9.17) is 40.3 Å². The Balaban J connectivity index is 0.00000124. The molecule has 39 heavy (non-hydrogen) atoms. The monoisotopic (exact) mass is 565 g/mol. The molecule has 12 atom stereocenters. The molecule has 0 aromatic heterocycles. The number of nitrogens with one attached hydrogen (secondary N) is 3. The van der Waals surface area contributed by atoms with E-state index in [0.29, 0.717) is 32.5 Å². The van der Waals surface area contributed by atoms with Crippen molar-refractivity contribution in [2.45, 2.75) is 120 Å². The van der Waals surface area contributed by atoms with E-state index in [2.05, 4.69) is 16.0 Å². The van der Waals surface area contributed by atoms with Crippen LogP contribution in [0.5, 0.6) is 0 Å². The maximum Gasteiger partial charge on any atom is 0.300 e. The lowest BCUT2D eigenvalue weighted by atomic mass is 9.83. The van der Waals surface area contributed by atoms with Crippen LogP contribution >= 0.6 is 0 Å². The average molecular weight is 566 g/mol. The second kappa shape index (κ2) is 15.8. The number of aliphatic hydroxyl groups is 3. The van der Waals surface area contributed by atoms with Gasteiger partial charge in [-0.3, -0.25) is 4.79 Å². The summed E-state index contributed by atoms with van der Waals surface area (Å²) in [7, 11) is 1.66. The van der Waals surface area contributed by atoms with Crippen molar-refractivity contribution in [2.75, 3.05) is 33.3 Å². The number of carboxylic acid groups (broad SMARTS) is 1. The number of hydrogen-bond donors (Lipinski definition) is 9. The topological polar surface area (TPSA) is 223 Å². The number of carbonyl (C=O) groups is 1. The van der Waals surface area contributed by atoms with Crippen LogP contribution in [0.3, 0.4) is 0 Å². The van der Waals surface area contributed by atoms with E-state index in [0.717, 1.165) is 13.3 Å². The normalized spacial score (nSPS) is 42.9. The lowest BCUT2D eigenvalue weighted by Crippen LogP contribution is -2.69. The van der Waals surface area contributed by atoms with Crippen molar-refractivity contribution in [1.82, 2.24) is 16.0 Å². The number of likely N-dealkylation sites (N-methyl/N-ethyl adjacent to an activating group) is 3. The van der Waals surface area contributed by atoms with Crippen LogP contribution in [0.2, 0.25) is 0 Å². The van der Waals surface area contributed by atoms with E-state index in [1.54, 1.807) is 14.0 Å². The van der Waals surface area contributed by atoms with Crippen LogP contribution in [0.1, 0.15) is 47.0 Å². The van der Waals surface area contributed by atoms with Gasteiger partial charge in [-0.05, 0) is 46.3 Å². The van der Waals surface area contributed by atoms with Crippen molar-refractivity contribution in [2.24, 2.45) is 11.5 Å². The summed E-state index contributed by atoms with van der Waals surface area (Å²) in [6, 6.07) is -1.41. The second-order valence-corrected chi connectivity index (χ2v) is 10.7. The first-order chi connectivity index (χ1) is 18.4. The van der Waals surface area contributed by atoms with Crippen LogP contribution in [0.25, 0.3) is 0 Å². The minimum atomic E-state index is -1.27. The molecule has 3 aliphatic rings. The Morgan fingerprint density at radius 1 is 1.05 bits per heavy atom. The quantitative estimate of drug-likeness (QED) is 0.133. The summed E-state index contributed by atoms with van der Waals surface area (Å²) in [5.74, 6) is -0.833. The molecule has 1 saturated carbocycles. The molecule has 0 aromatic rings. The van der Waals surface area contributed by atoms with Gasteiger partial charge in [0.1, 0.15) is 30.0 Å². The molecule has 230 valence electrons. The molecule has 14 heteroatoms. The van der Waals surface area contributed by atoms with Crippen LogP contribution < -0.4 is 27.4 Å². The summed E-state index contributed by atoms with van der Waals surface area (Å²) in [6.07, 6.45) is -3.44. The Kier molecular flexibility index (Phi) is 13.9. The Morgan fingerprint density at radius 3 is 2.08 bits per heavy atom. The van der Waals surface area contributed by atoms with Gasteiger partial charge in [0.15, 0.2) is 12.6 Å². The fourth-order valence-electron chi connectivity index (χ4n) is 5.53. The van der Waals surface area contributed by atoms with Gasteiger partial charge in [-0.2, -0.15) is 0 Å². The molecule has 2 heterocycles. The highest BCUT2D eigenvalue weighted by atomic mass is 16.7. The van der Waals surface area contributed by atoms with Crippen molar-refractivity contribution in [3.63, 3.8) is 0 Å². The number of ether oxygens (including phenoxy) is 4. The van der Waals surface area contributed by atoms with E-state index >= 15 is 0 Å². The first-order valence-electron chi connectivity index (χ1n) is 13.9. The van der Waals surface area contributed by atoms with Crippen LogP contribution in [0.15, 0.2) is 0 Å².